The van der Waals surface area contributed by atoms with E-state index in [1.165, 1.54) is 0 Å². The second kappa shape index (κ2) is 7.20. The molecule has 3 heterocycles. The van der Waals surface area contributed by atoms with Crippen molar-refractivity contribution in [2.45, 2.75) is 50.8 Å². The highest BCUT2D eigenvalue weighted by molar-refractivity contribution is 5.82. The topological polar surface area (TPSA) is 56.7 Å². The number of piperidine rings is 2. The van der Waals surface area contributed by atoms with E-state index in [-0.39, 0.29) is 18.1 Å². The van der Waals surface area contributed by atoms with Crippen LogP contribution in [-0.2, 0) is 11.3 Å². The highest BCUT2D eigenvalue weighted by atomic mass is 16.3. The smallest absolute Gasteiger partial charge is 0.240 e. The fourth-order valence-electron chi connectivity index (χ4n) is 3.55. The molecule has 22 heavy (non-hydrogen) atoms. The molecule has 2 aliphatic heterocycles. The van der Waals surface area contributed by atoms with Crippen molar-refractivity contribution in [1.29, 1.82) is 0 Å². The average Bonchev–Trinajstić information content (AvgIpc) is 2.56. The highest BCUT2D eigenvalue weighted by Gasteiger charge is 2.33. The van der Waals surface area contributed by atoms with Crippen molar-refractivity contribution >= 4 is 5.91 Å². The Morgan fingerprint density at radius 2 is 2.18 bits per heavy atom. The van der Waals surface area contributed by atoms with Gasteiger partial charge in [0.2, 0.25) is 5.91 Å². The van der Waals surface area contributed by atoms with Crippen LogP contribution in [0.4, 0.5) is 0 Å². The number of rotatable bonds is 3. The average molecular weight is 303 g/mol. The Morgan fingerprint density at radius 3 is 2.95 bits per heavy atom. The number of hydrogen-bond donors (Lipinski definition) is 1. The molecule has 1 amide bonds. The number of hydrogen-bond acceptors (Lipinski definition) is 4. The molecule has 0 aliphatic carbocycles. The minimum atomic E-state index is -0.354. The standard InChI is InChI=1S/C17H25N3O2/c21-15-6-4-10-20(13-15)17(22)16-7-1-2-9-19(16)12-14-5-3-8-18-11-14/h3,5,8,11,15-16,21H,1-2,4,6-7,9-10,12-13H2/t15-,16+/m1/s1. The number of pyridine rings is 1. The lowest BCUT2D eigenvalue weighted by molar-refractivity contribution is -0.141. The van der Waals surface area contributed by atoms with Crippen molar-refractivity contribution in [1.82, 2.24) is 14.8 Å². The van der Waals surface area contributed by atoms with Gasteiger partial charge in [-0.3, -0.25) is 14.7 Å². The summed E-state index contributed by atoms with van der Waals surface area (Å²) in [4.78, 5) is 21.2. The second-order valence-corrected chi connectivity index (χ2v) is 6.42. The van der Waals surface area contributed by atoms with Gasteiger partial charge in [-0.15, -0.1) is 0 Å². The zero-order valence-corrected chi connectivity index (χ0v) is 13.0. The minimum absolute atomic E-state index is 0.0424. The van der Waals surface area contributed by atoms with Gasteiger partial charge in [0.05, 0.1) is 12.1 Å². The van der Waals surface area contributed by atoms with Crippen LogP contribution < -0.4 is 0 Å². The Labute approximate surface area is 131 Å². The molecule has 120 valence electrons. The number of nitrogens with zero attached hydrogens (tertiary/aromatic N) is 3. The predicted octanol–water partition coefficient (Wildman–Crippen LogP) is 1.42. The number of amides is 1. The molecule has 0 radical (unpaired) electrons. The lowest BCUT2D eigenvalue weighted by atomic mass is 9.98. The molecule has 2 atom stereocenters. The van der Waals surface area contributed by atoms with E-state index in [9.17, 15) is 9.90 Å². The lowest BCUT2D eigenvalue weighted by Crippen LogP contribution is -2.53. The van der Waals surface area contributed by atoms with Crippen molar-refractivity contribution < 1.29 is 9.90 Å². The van der Waals surface area contributed by atoms with Crippen LogP contribution >= 0.6 is 0 Å². The first kappa shape index (κ1) is 15.4. The predicted molar refractivity (Wildman–Crippen MR) is 84.1 cm³/mol. The number of carbonyl (C=O) groups excluding carboxylic acids is 1. The van der Waals surface area contributed by atoms with Gasteiger partial charge in [0, 0.05) is 32.0 Å². The summed E-state index contributed by atoms with van der Waals surface area (Å²) in [5.41, 5.74) is 1.15. The molecule has 2 aliphatic rings. The van der Waals surface area contributed by atoms with E-state index >= 15 is 0 Å². The van der Waals surface area contributed by atoms with Gasteiger partial charge < -0.3 is 10.0 Å². The third kappa shape index (κ3) is 3.65. The van der Waals surface area contributed by atoms with Crippen LogP contribution in [0.1, 0.15) is 37.7 Å². The molecule has 0 spiro atoms. The van der Waals surface area contributed by atoms with Crippen LogP contribution in [0.15, 0.2) is 24.5 Å². The quantitative estimate of drug-likeness (QED) is 0.917. The summed E-state index contributed by atoms with van der Waals surface area (Å²) in [6.45, 7) is 3.02. The van der Waals surface area contributed by atoms with E-state index in [1.54, 1.807) is 6.20 Å². The van der Waals surface area contributed by atoms with E-state index in [4.69, 9.17) is 0 Å². The van der Waals surface area contributed by atoms with Gasteiger partial charge in [-0.1, -0.05) is 12.5 Å². The molecule has 0 aromatic carbocycles. The van der Waals surface area contributed by atoms with Crippen molar-refractivity contribution in [2.24, 2.45) is 0 Å². The van der Waals surface area contributed by atoms with E-state index in [1.807, 2.05) is 17.2 Å². The molecule has 5 nitrogen and oxygen atoms in total. The van der Waals surface area contributed by atoms with Crippen molar-refractivity contribution in [3.63, 3.8) is 0 Å². The SMILES string of the molecule is O=C([C@@H]1CCCCN1Cc1cccnc1)N1CCC[C@@H](O)C1. The number of aliphatic hydroxyl groups excluding tert-OH is 1. The van der Waals surface area contributed by atoms with Crippen LogP contribution in [0.3, 0.4) is 0 Å². The van der Waals surface area contributed by atoms with Gasteiger partial charge in [-0.05, 0) is 43.9 Å². The first-order valence-electron chi connectivity index (χ1n) is 8.34. The summed E-state index contributed by atoms with van der Waals surface area (Å²) in [6.07, 6.45) is 8.19. The summed E-state index contributed by atoms with van der Waals surface area (Å²) < 4.78 is 0. The Kier molecular flexibility index (Phi) is 5.05. The van der Waals surface area contributed by atoms with Gasteiger partial charge in [0.1, 0.15) is 0 Å². The summed E-state index contributed by atoms with van der Waals surface area (Å²) in [5, 5.41) is 9.81. The molecule has 0 bridgehead atoms. The number of aliphatic hydroxyl groups is 1. The Balaban J connectivity index is 1.67. The number of likely N-dealkylation sites (tertiary alicyclic amines) is 2. The van der Waals surface area contributed by atoms with Crippen LogP contribution in [-0.4, -0.2) is 57.6 Å². The van der Waals surface area contributed by atoms with Gasteiger partial charge in [-0.2, -0.15) is 0 Å². The fourth-order valence-corrected chi connectivity index (χ4v) is 3.55. The molecule has 3 rings (SSSR count). The van der Waals surface area contributed by atoms with E-state index < -0.39 is 0 Å². The van der Waals surface area contributed by atoms with Gasteiger partial charge >= 0.3 is 0 Å². The normalized spacial score (nSPS) is 26.9. The lowest BCUT2D eigenvalue weighted by Gasteiger charge is -2.39. The monoisotopic (exact) mass is 303 g/mol. The molecule has 0 saturated carbocycles. The van der Waals surface area contributed by atoms with Gasteiger partial charge in [0.15, 0.2) is 0 Å². The summed E-state index contributed by atoms with van der Waals surface area (Å²) >= 11 is 0. The summed E-state index contributed by atoms with van der Waals surface area (Å²) in [5.74, 6) is 0.197. The van der Waals surface area contributed by atoms with Crippen LogP contribution in [0.5, 0.6) is 0 Å². The molecule has 1 aromatic rings. The molecular formula is C17H25N3O2. The molecule has 2 fully saturated rings. The highest BCUT2D eigenvalue weighted by Crippen LogP contribution is 2.22. The maximum atomic E-state index is 12.9. The van der Waals surface area contributed by atoms with E-state index in [0.717, 1.165) is 57.3 Å². The molecule has 1 N–H and O–H groups in total. The Bertz CT molecular complexity index is 494. The molecular weight excluding hydrogens is 278 g/mol. The maximum Gasteiger partial charge on any atom is 0.240 e. The van der Waals surface area contributed by atoms with E-state index in [0.29, 0.717) is 6.54 Å². The number of aromatic nitrogens is 1. The summed E-state index contributed by atoms with van der Waals surface area (Å²) in [7, 11) is 0. The van der Waals surface area contributed by atoms with Gasteiger partial charge in [-0.25, -0.2) is 0 Å². The van der Waals surface area contributed by atoms with E-state index in [2.05, 4.69) is 16.0 Å². The Hall–Kier alpha value is -1.46. The first-order chi connectivity index (χ1) is 10.7. The molecule has 5 heteroatoms. The minimum Gasteiger partial charge on any atom is -0.391 e. The van der Waals surface area contributed by atoms with Crippen LogP contribution in [0.2, 0.25) is 0 Å². The number of β-amino-alcohol motifs (C(OH)–C–C–N with tert-alkyl or cyclic N) is 1. The Morgan fingerprint density at radius 1 is 1.27 bits per heavy atom. The van der Waals surface area contributed by atoms with Crippen molar-refractivity contribution in [2.75, 3.05) is 19.6 Å². The fraction of sp³-hybridized carbons (Fsp3) is 0.647. The number of carbonyl (C=O) groups is 1. The largest absolute Gasteiger partial charge is 0.391 e. The van der Waals surface area contributed by atoms with Crippen molar-refractivity contribution in [3.05, 3.63) is 30.1 Å². The van der Waals surface area contributed by atoms with Crippen LogP contribution in [0.25, 0.3) is 0 Å². The van der Waals surface area contributed by atoms with Crippen molar-refractivity contribution in [3.8, 4) is 0 Å². The zero-order chi connectivity index (χ0) is 15.4. The van der Waals surface area contributed by atoms with Gasteiger partial charge in [0.25, 0.3) is 0 Å². The first-order valence-corrected chi connectivity index (χ1v) is 8.34. The third-order valence-corrected chi connectivity index (χ3v) is 4.72. The van der Waals surface area contributed by atoms with Crippen LogP contribution in [0, 0.1) is 0 Å². The second-order valence-electron chi connectivity index (χ2n) is 6.42. The molecule has 2 saturated heterocycles. The molecule has 0 unspecified atom stereocenters. The summed E-state index contributed by atoms with van der Waals surface area (Å²) in [6, 6.07) is 3.96. The zero-order valence-electron chi connectivity index (χ0n) is 13.0. The molecule has 1 aromatic heterocycles. The third-order valence-electron chi connectivity index (χ3n) is 4.72. The maximum absolute atomic E-state index is 12.9.